The van der Waals surface area contributed by atoms with Crippen molar-refractivity contribution in [2.75, 3.05) is 20.1 Å². The average molecular weight is 454 g/mol. The molecule has 0 spiro atoms. The minimum Gasteiger partial charge on any atom is -0.487 e. The first kappa shape index (κ1) is 22.2. The van der Waals surface area contributed by atoms with Gasteiger partial charge in [-0.2, -0.15) is 0 Å². The summed E-state index contributed by atoms with van der Waals surface area (Å²) in [6, 6.07) is 9.55. The highest BCUT2D eigenvalue weighted by molar-refractivity contribution is 7.71. The number of carbonyl (C=O) groups is 1. The van der Waals surface area contributed by atoms with Gasteiger partial charge in [-0.05, 0) is 50.1 Å². The molecule has 0 saturated carbocycles. The van der Waals surface area contributed by atoms with Crippen LogP contribution in [0.4, 0.5) is 0 Å². The number of nitrogens with zero attached hydrogens (tertiary/aromatic N) is 3. The summed E-state index contributed by atoms with van der Waals surface area (Å²) in [7, 11) is 1.58. The van der Waals surface area contributed by atoms with E-state index in [1.54, 1.807) is 17.7 Å². The normalized spacial score (nSPS) is 16.4. The minimum atomic E-state index is -0.212. The summed E-state index contributed by atoms with van der Waals surface area (Å²) < 4.78 is 8.31. The molecule has 3 aromatic rings. The lowest BCUT2D eigenvalue weighted by Crippen LogP contribution is -2.25. The van der Waals surface area contributed by atoms with Gasteiger partial charge < -0.3 is 15.0 Å². The van der Waals surface area contributed by atoms with E-state index in [0.717, 1.165) is 42.5 Å². The van der Waals surface area contributed by atoms with Crippen molar-refractivity contribution in [1.29, 1.82) is 0 Å². The molecule has 1 saturated heterocycles. The standard InChI is InChI=1S/C23H27N5O3S/c1-4-28-22(32)17-6-5-15(11-19(17)26-23(28)30)12-27-10-9-16(13-27)31-20-8-7-18(21(29)24-3)25-14(20)2/h5-8,11,16H,4,9-10,12-13H2,1-3H3,(H,24,29)(H,26,30). The topological polar surface area (TPSA) is 92.3 Å². The highest BCUT2D eigenvalue weighted by atomic mass is 32.1. The van der Waals surface area contributed by atoms with E-state index >= 15 is 0 Å². The molecule has 0 aliphatic carbocycles. The molecule has 0 radical (unpaired) electrons. The fourth-order valence-corrected chi connectivity index (χ4v) is 4.48. The molecule has 1 aliphatic rings. The lowest BCUT2D eigenvalue weighted by Gasteiger charge is -2.18. The molecule has 168 valence electrons. The van der Waals surface area contributed by atoms with Crippen molar-refractivity contribution in [2.24, 2.45) is 0 Å². The van der Waals surface area contributed by atoms with Gasteiger partial charge in [-0.15, -0.1) is 0 Å². The van der Waals surface area contributed by atoms with Crippen molar-refractivity contribution >= 4 is 29.0 Å². The smallest absolute Gasteiger partial charge is 0.326 e. The van der Waals surface area contributed by atoms with Gasteiger partial charge in [0.05, 0.1) is 11.2 Å². The summed E-state index contributed by atoms with van der Waals surface area (Å²) in [6.07, 6.45) is 0.970. The second-order valence-electron chi connectivity index (χ2n) is 7.98. The van der Waals surface area contributed by atoms with E-state index in [1.807, 2.05) is 32.0 Å². The lowest BCUT2D eigenvalue weighted by molar-refractivity contribution is 0.0957. The molecule has 1 aliphatic heterocycles. The highest BCUT2D eigenvalue weighted by Gasteiger charge is 2.25. The summed E-state index contributed by atoms with van der Waals surface area (Å²) >= 11 is 5.47. The number of amides is 1. The number of nitrogens with one attached hydrogen (secondary N) is 2. The van der Waals surface area contributed by atoms with Gasteiger partial charge in [-0.25, -0.2) is 9.78 Å². The SMILES string of the molecule is CCn1c(=O)[nH]c2cc(CN3CCC(Oc4ccc(C(=O)NC)nc4C)C3)ccc2c1=S. The molecule has 32 heavy (non-hydrogen) atoms. The van der Waals surface area contributed by atoms with E-state index in [2.05, 4.69) is 26.3 Å². The molecule has 1 unspecified atom stereocenters. The van der Waals surface area contributed by atoms with Crippen LogP contribution in [0.5, 0.6) is 5.75 Å². The molecular weight excluding hydrogens is 426 g/mol. The van der Waals surface area contributed by atoms with Gasteiger partial charge in [0.15, 0.2) is 0 Å². The fraction of sp³-hybridized carbons (Fsp3) is 0.391. The average Bonchev–Trinajstić information content (AvgIpc) is 3.21. The molecule has 1 fully saturated rings. The Morgan fingerprint density at radius 3 is 2.88 bits per heavy atom. The first-order chi connectivity index (χ1) is 15.4. The number of pyridine rings is 1. The first-order valence-corrected chi connectivity index (χ1v) is 11.1. The summed E-state index contributed by atoms with van der Waals surface area (Å²) in [6.45, 7) is 6.77. The second kappa shape index (κ2) is 9.22. The lowest BCUT2D eigenvalue weighted by atomic mass is 10.1. The van der Waals surface area contributed by atoms with Crippen molar-refractivity contribution < 1.29 is 9.53 Å². The van der Waals surface area contributed by atoms with Crippen molar-refractivity contribution in [1.82, 2.24) is 24.8 Å². The number of aryl methyl sites for hydroxylation is 1. The number of likely N-dealkylation sites (tertiary alicyclic amines) is 1. The second-order valence-corrected chi connectivity index (χ2v) is 8.37. The Morgan fingerprint density at radius 2 is 2.16 bits per heavy atom. The predicted molar refractivity (Wildman–Crippen MR) is 126 cm³/mol. The van der Waals surface area contributed by atoms with Gasteiger partial charge in [-0.3, -0.25) is 14.3 Å². The molecule has 0 bridgehead atoms. The van der Waals surface area contributed by atoms with Gasteiger partial charge >= 0.3 is 5.69 Å². The summed E-state index contributed by atoms with van der Waals surface area (Å²) in [5.41, 5.74) is 2.79. The highest BCUT2D eigenvalue weighted by Crippen LogP contribution is 2.23. The maximum absolute atomic E-state index is 12.2. The zero-order chi connectivity index (χ0) is 22.8. The zero-order valence-corrected chi connectivity index (χ0v) is 19.3. The van der Waals surface area contributed by atoms with Crippen LogP contribution in [-0.4, -0.2) is 51.6 Å². The number of aromatic amines is 1. The fourth-order valence-electron chi connectivity index (χ4n) is 4.09. The molecule has 4 rings (SSSR count). The van der Waals surface area contributed by atoms with E-state index < -0.39 is 0 Å². The Kier molecular flexibility index (Phi) is 6.38. The van der Waals surface area contributed by atoms with Crippen molar-refractivity contribution in [2.45, 2.75) is 39.5 Å². The van der Waals surface area contributed by atoms with Crippen LogP contribution in [-0.2, 0) is 13.1 Å². The van der Waals surface area contributed by atoms with E-state index in [-0.39, 0.29) is 17.7 Å². The number of ether oxygens (including phenoxy) is 1. The largest absolute Gasteiger partial charge is 0.487 e. The van der Waals surface area contributed by atoms with Crippen LogP contribution in [0, 0.1) is 11.6 Å². The number of fused-ring (bicyclic) bond motifs is 1. The molecule has 1 amide bonds. The summed E-state index contributed by atoms with van der Waals surface area (Å²) in [5, 5.41) is 3.46. The van der Waals surface area contributed by atoms with Crippen LogP contribution >= 0.6 is 12.2 Å². The molecular formula is C23H27N5O3S. The van der Waals surface area contributed by atoms with Gasteiger partial charge in [-0.1, -0.05) is 18.3 Å². The first-order valence-electron chi connectivity index (χ1n) is 10.7. The van der Waals surface area contributed by atoms with Crippen LogP contribution in [0.15, 0.2) is 35.1 Å². The molecule has 2 N–H and O–H groups in total. The van der Waals surface area contributed by atoms with Gasteiger partial charge in [0, 0.05) is 38.6 Å². The molecule has 8 nitrogen and oxygen atoms in total. The number of hydrogen-bond acceptors (Lipinski definition) is 6. The number of hydrogen-bond donors (Lipinski definition) is 2. The third-order valence-electron chi connectivity index (χ3n) is 5.79. The Morgan fingerprint density at radius 1 is 1.34 bits per heavy atom. The maximum Gasteiger partial charge on any atom is 0.326 e. The van der Waals surface area contributed by atoms with Crippen molar-refractivity contribution in [3.63, 3.8) is 0 Å². The monoisotopic (exact) mass is 453 g/mol. The Balaban J connectivity index is 1.43. The third-order valence-corrected chi connectivity index (χ3v) is 6.23. The van der Waals surface area contributed by atoms with Crippen LogP contribution in [0.3, 0.4) is 0 Å². The Labute approximate surface area is 191 Å². The van der Waals surface area contributed by atoms with Gasteiger partial charge in [0.1, 0.15) is 22.2 Å². The quantitative estimate of drug-likeness (QED) is 0.558. The molecule has 1 aromatic carbocycles. The van der Waals surface area contributed by atoms with E-state index in [9.17, 15) is 9.59 Å². The molecule has 1 atom stereocenters. The number of rotatable bonds is 6. The van der Waals surface area contributed by atoms with Gasteiger partial charge in [0.25, 0.3) is 5.91 Å². The van der Waals surface area contributed by atoms with Crippen LogP contribution < -0.4 is 15.7 Å². The number of H-pyrrole nitrogens is 1. The van der Waals surface area contributed by atoms with Crippen molar-refractivity contribution in [3.8, 4) is 5.75 Å². The molecule has 2 aromatic heterocycles. The number of benzene rings is 1. The minimum absolute atomic E-state index is 0.0596. The summed E-state index contributed by atoms with van der Waals surface area (Å²) in [4.78, 5) is 33.6. The van der Waals surface area contributed by atoms with Crippen molar-refractivity contribution in [3.05, 3.63) is 62.4 Å². The Hall–Kier alpha value is -3.04. The van der Waals surface area contributed by atoms with E-state index in [4.69, 9.17) is 17.0 Å². The summed E-state index contributed by atoms with van der Waals surface area (Å²) in [5.74, 6) is 0.492. The maximum atomic E-state index is 12.2. The number of aromatic nitrogens is 3. The number of carbonyl (C=O) groups excluding carboxylic acids is 1. The van der Waals surface area contributed by atoms with Gasteiger partial charge in [0.2, 0.25) is 0 Å². The third kappa shape index (κ3) is 4.44. The van der Waals surface area contributed by atoms with E-state index in [0.29, 0.717) is 28.3 Å². The van der Waals surface area contributed by atoms with E-state index in [1.165, 1.54) is 0 Å². The molecule has 3 heterocycles. The van der Waals surface area contributed by atoms with Crippen LogP contribution in [0.25, 0.3) is 10.9 Å². The predicted octanol–water partition coefficient (Wildman–Crippen LogP) is 2.80. The molecule has 9 heteroatoms. The van der Waals surface area contributed by atoms with Crippen LogP contribution in [0.1, 0.15) is 35.1 Å². The Bertz CT molecular complexity index is 1280. The van der Waals surface area contributed by atoms with Crippen LogP contribution in [0.2, 0.25) is 0 Å². The zero-order valence-electron chi connectivity index (χ0n) is 18.5.